The van der Waals surface area contributed by atoms with E-state index in [4.69, 9.17) is 37.4 Å². The molecule has 0 fully saturated rings. The summed E-state index contributed by atoms with van der Waals surface area (Å²) in [5, 5.41) is 33.4. The Hall–Kier alpha value is -2.98. The van der Waals surface area contributed by atoms with E-state index in [1.807, 2.05) is 6.92 Å². The van der Waals surface area contributed by atoms with E-state index in [2.05, 4.69) is 15.9 Å². The highest BCUT2D eigenvalue weighted by molar-refractivity contribution is 9.10. The molecule has 8 nitrogen and oxygen atoms in total. The monoisotopic (exact) mass is 664 g/mol. The average Bonchev–Trinajstić information content (AvgIpc) is 2.94. The number of carbonyl (C=O) groups is 2. The van der Waals surface area contributed by atoms with Crippen LogP contribution in [0.5, 0.6) is 28.7 Å². The highest BCUT2D eigenvalue weighted by atomic mass is 79.9. The molecule has 2 aliphatic carbocycles. The second-order valence-electron chi connectivity index (χ2n) is 10.8. The summed E-state index contributed by atoms with van der Waals surface area (Å²) < 4.78 is 16.7. The zero-order valence-electron chi connectivity index (χ0n) is 23.0. The number of benzene rings is 3. The van der Waals surface area contributed by atoms with E-state index in [1.54, 1.807) is 32.0 Å². The predicted octanol–water partition coefficient (Wildman–Crippen LogP) is 6.43. The first kappa shape index (κ1) is 29.5. The molecule has 0 spiro atoms. The molecule has 3 aromatic rings. The van der Waals surface area contributed by atoms with E-state index in [-0.39, 0.29) is 32.6 Å². The predicted molar refractivity (Wildman–Crippen MR) is 158 cm³/mol. The Labute approximate surface area is 254 Å². The quantitative estimate of drug-likeness (QED) is 0.273. The number of hydrogen-bond donors (Lipinski definition) is 3. The van der Waals surface area contributed by atoms with Crippen molar-refractivity contribution in [2.24, 2.45) is 5.92 Å². The van der Waals surface area contributed by atoms with Gasteiger partial charge in [0.2, 0.25) is 11.6 Å². The minimum Gasteiger partial charge on any atom is -0.505 e. The van der Waals surface area contributed by atoms with E-state index < -0.39 is 45.0 Å². The maximum atomic E-state index is 14.6. The van der Waals surface area contributed by atoms with Crippen LogP contribution in [0.25, 0.3) is 11.1 Å². The third-order valence-corrected chi connectivity index (χ3v) is 9.99. The molecule has 41 heavy (non-hydrogen) atoms. The molecule has 0 aromatic heterocycles. The molecule has 0 saturated carbocycles. The summed E-state index contributed by atoms with van der Waals surface area (Å²) >= 11 is 16.3. The molecule has 0 amide bonds. The maximum absolute atomic E-state index is 14.6. The van der Waals surface area contributed by atoms with Crippen molar-refractivity contribution in [3.63, 3.8) is 0 Å². The van der Waals surface area contributed by atoms with Gasteiger partial charge in [-0.3, -0.25) is 9.59 Å². The zero-order valence-corrected chi connectivity index (χ0v) is 26.1. The van der Waals surface area contributed by atoms with Gasteiger partial charge in [-0.15, -0.1) is 0 Å². The first-order valence-corrected chi connectivity index (χ1v) is 14.1. The first-order valence-electron chi connectivity index (χ1n) is 12.6. The van der Waals surface area contributed by atoms with E-state index in [9.17, 15) is 24.9 Å². The van der Waals surface area contributed by atoms with Crippen molar-refractivity contribution < 1.29 is 39.1 Å². The van der Waals surface area contributed by atoms with Gasteiger partial charge in [0, 0.05) is 28.7 Å². The van der Waals surface area contributed by atoms with Gasteiger partial charge >= 0.3 is 0 Å². The molecule has 0 heterocycles. The Bertz CT molecular complexity index is 1680. The van der Waals surface area contributed by atoms with Gasteiger partial charge in [0.1, 0.15) is 28.0 Å². The second kappa shape index (κ2) is 9.80. The number of halogens is 3. The van der Waals surface area contributed by atoms with Gasteiger partial charge < -0.3 is 29.5 Å². The normalized spacial score (nSPS) is 20.7. The van der Waals surface area contributed by atoms with Gasteiger partial charge in [0.15, 0.2) is 11.4 Å². The van der Waals surface area contributed by atoms with Crippen molar-refractivity contribution in [2.75, 3.05) is 21.3 Å². The third kappa shape index (κ3) is 3.82. The van der Waals surface area contributed by atoms with Gasteiger partial charge in [-0.1, -0.05) is 37.0 Å². The molecule has 0 radical (unpaired) electrons. The number of hydrogen-bond acceptors (Lipinski definition) is 8. The molecule has 0 aliphatic heterocycles. The molecule has 2 atom stereocenters. The fourth-order valence-electron chi connectivity index (χ4n) is 6.43. The summed E-state index contributed by atoms with van der Waals surface area (Å²) in [4.78, 5) is 28.8. The van der Waals surface area contributed by atoms with Crippen LogP contribution in [0.1, 0.15) is 51.3 Å². The first-order chi connectivity index (χ1) is 19.2. The highest BCUT2D eigenvalue weighted by Gasteiger charge is 2.64. The van der Waals surface area contributed by atoms with Crippen molar-refractivity contribution in [1.82, 2.24) is 0 Å². The second-order valence-corrected chi connectivity index (χ2v) is 12.3. The topological polar surface area (TPSA) is 123 Å². The zero-order chi connectivity index (χ0) is 30.3. The number of Topliss-reactive ketones (excluding diaryl/α,β-unsaturated/α-hetero) is 2. The molecule has 2 aliphatic rings. The number of aryl methyl sites for hydroxylation is 1. The largest absolute Gasteiger partial charge is 0.505 e. The molecular formula is C30H27BrCl2O8. The molecule has 5 rings (SSSR count). The number of methoxy groups -OCH3 is 3. The lowest BCUT2D eigenvalue weighted by molar-refractivity contribution is -0.0204. The maximum Gasteiger partial charge on any atom is 0.206 e. The lowest BCUT2D eigenvalue weighted by Gasteiger charge is -2.51. The van der Waals surface area contributed by atoms with Crippen LogP contribution in [-0.2, 0) is 11.8 Å². The van der Waals surface area contributed by atoms with Crippen molar-refractivity contribution >= 4 is 50.7 Å². The van der Waals surface area contributed by atoms with Crippen LogP contribution in [0.3, 0.4) is 0 Å². The number of ketones is 2. The van der Waals surface area contributed by atoms with Gasteiger partial charge in [-0.05, 0) is 63.5 Å². The van der Waals surface area contributed by atoms with Gasteiger partial charge in [0.05, 0.1) is 36.4 Å². The minimum absolute atomic E-state index is 0.00705. The third-order valence-electron chi connectivity index (χ3n) is 8.45. The minimum atomic E-state index is -2.60. The Morgan fingerprint density at radius 1 is 0.878 bits per heavy atom. The summed E-state index contributed by atoms with van der Waals surface area (Å²) in [7, 11) is 4.45. The number of carbonyl (C=O) groups excluding carboxylic acids is 2. The molecular weight excluding hydrogens is 639 g/mol. The van der Waals surface area contributed by atoms with Crippen LogP contribution in [0.4, 0.5) is 0 Å². The van der Waals surface area contributed by atoms with E-state index in [0.29, 0.717) is 39.5 Å². The smallest absolute Gasteiger partial charge is 0.206 e. The summed E-state index contributed by atoms with van der Waals surface area (Å²) in [6.07, 6.45) is -0.00705. The fraction of sp³-hybridized carbons (Fsp3) is 0.333. The van der Waals surface area contributed by atoms with Crippen LogP contribution in [0, 0.1) is 12.8 Å². The molecule has 216 valence electrons. The van der Waals surface area contributed by atoms with E-state index in [1.165, 1.54) is 21.3 Å². The number of aliphatic hydroxyl groups is 1. The number of ether oxygens (including phenoxy) is 3. The lowest BCUT2D eigenvalue weighted by Crippen LogP contribution is -2.64. The molecule has 3 aromatic carbocycles. The summed E-state index contributed by atoms with van der Waals surface area (Å²) in [6.45, 7) is 5.25. The Balaban J connectivity index is 1.88. The number of rotatable bonds is 4. The number of fused-ring (bicyclic) bond motifs is 3. The van der Waals surface area contributed by atoms with Gasteiger partial charge in [-0.2, -0.15) is 0 Å². The standard InChI is InChI=1S/C30H27BrCl2O8/c1-11-7-12(39-4)8-15(40-5)18(11)13-9-16(41-6)23(32)14-10-17-29(2,3)21-20(25(34)24(33)26(35)22(21)31)28(37)30(17,38)27(36)19(13)14/h7-9,17,34-35,38H,10H2,1-6H3/t17-,30+/m1/s1. The lowest BCUT2D eigenvalue weighted by atomic mass is 9.52. The summed E-state index contributed by atoms with van der Waals surface area (Å²) in [6, 6.07) is 5.01. The Morgan fingerprint density at radius 3 is 2.07 bits per heavy atom. The molecule has 11 heteroatoms. The Morgan fingerprint density at radius 2 is 1.49 bits per heavy atom. The summed E-state index contributed by atoms with van der Waals surface area (Å²) in [5.74, 6) is -2.91. The van der Waals surface area contributed by atoms with Crippen LogP contribution < -0.4 is 14.2 Å². The number of phenolic OH excluding ortho intramolecular Hbond substituents is 2. The van der Waals surface area contributed by atoms with Crippen molar-refractivity contribution in [1.29, 1.82) is 0 Å². The molecule has 3 N–H and O–H groups in total. The van der Waals surface area contributed by atoms with Crippen molar-refractivity contribution in [3.8, 4) is 39.9 Å². The van der Waals surface area contributed by atoms with Gasteiger partial charge in [0.25, 0.3) is 0 Å². The van der Waals surface area contributed by atoms with Gasteiger partial charge in [-0.25, -0.2) is 0 Å². The fourth-order valence-corrected chi connectivity index (χ4v) is 7.94. The van der Waals surface area contributed by atoms with Crippen LogP contribution in [0.2, 0.25) is 10.0 Å². The molecule has 0 bridgehead atoms. The molecule has 0 unspecified atom stereocenters. The highest BCUT2D eigenvalue weighted by Crippen LogP contribution is 2.60. The summed E-state index contributed by atoms with van der Waals surface area (Å²) in [5.41, 5.74) is -1.86. The van der Waals surface area contributed by atoms with Crippen LogP contribution in [-0.4, -0.2) is 53.8 Å². The number of phenols is 2. The average molecular weight is 666 g/mol. The van der Waals surface area contributed by atoms with Crippen LogP contribution >= 0.6 is 39.1 Å². The molecule has 0 saturated heterocycles. The van der Waals surface area contributed by atoms with Crippen LogP contribution in [0.15, 0.2) is 22.7 Å². The van der Waals surface area contributed by atoms with Crippen molar-refractivity contribution in [2.45, 2.75) is 38.2 Å². The Kier molecular flexibility index (Phi) is 7.05. The number of aromatic hydroxyl groups is 2. The SMILES string of the molecule is COc1cc(C)c(-c2cc(OC)c(Cl)c3c2C(=O)[C@]2(O)C(=O)c4c(O)c(Cl)c(O)c(Br)c4C(C)(C)[C@H]2C3)c(OC)c1. The van der Waals surface area contributed by atoms with E-state index >= 15 is 0 Å². The van der Waals surface area contributed by atoms with Crippen molar-refractivity contribution in [3.05, 3.63) is 60.5 Å². The van der Waals surface area contributed by atoms with E-state index in [0.717, 1.165) is 0 Å².